The van der Waals surface area contributed by atoms with Gasteiger partial charge in [0.05, 0.1) is 10.6 Å². The van der Waals surface area contributed by atoms with E-state index >= 15 is 0 Å². The quantitative estimate of drug-likeness (QED) is 0.612. The molecule has 3 aromatic rings. The molecule has 2 amide bonds. The van der Waals surface area contributed by atoms with Gasteiger partial charge in [-0.05, 0) is 42.5 Å². The van der Waals surface area contributed by atoms with E-state index in [4.69, 9.17) is 16.0 Å². The fourth-order valence-electron chi connectivity index (χ4n) is 3.46. The van der Waals surface area contributed by atoms with E-state index in [9.17, 15) is 9.59 Å². The molecule has 5 nitrogen and oxygen atoms in total. The molecule has 0 radical (unpaired) electrons. The second kappa shape index (κ2) is 8.36. The number of hydrogen-bond donors (Lipinski definition) is 1. The molecular weight excluding hydrogens is 400 g/mol. The van der Waals surface area contributed by atoms with Crippen molar-refractivity contribution in [1.29, 1.82) is 0 Å². The van der Waals surface area contributed by atoms with Gasteiger partial charge >= 0.3 is 0 Å². The Morgan fingerprint density at radius 3 is 2.53 bits per heavy atom. The number of fused-ring (bicyclic) bond motifs is 1. The van der Waals surface area contributed by atoms with Crippen LogP contribution in [-0.2, 0) is 17.8 Å². The third-order valence-corrected chi connectivity index (χ3v) is 5.55. The number of nitrogens with zero attached hydrogens (tertiary/aromatic N) is 1. The van der Waals surface area contributed by atoms with Crippen molar-refractivity contribution in [3.05, 3.63) is 76.5 Å². The molecule has 1 aliphatic rings. The van der Waals surface area contributed by atoms with Crippen LogP contribution in [0.25, 0.3) is 11.3 Å². The molecule has 0 aliphatic carbocycles. The first-order valence-corrected chi connectivity index (χ1v) is 10.4. The lowest BCUT2D eigenvalue weighted by atomic mass is 10.1. The van der Waals surface area contributed by atoms with Crippen LogP contribution in [0.4, 0.5) is 5.69 Å². The van der Waals surface area contributed by atoms with E-state index in [0.29, 0.717) is 30.1 Å². The summed E-state index contributed by atoms with van der Waals surface area (Å²) in [5, 5.41) is 3.35. The highest BCUT2D eigenvalue weighted by Crippen LogP contribution is 2.31. The zero-order valence-electron chi connectivity index (χ0n) is 16.9. The van der Waals surface area contributed by atoms with Crippen LogP contribution < -0.4 is 5.32 Å². The van der Waals surface area contributed by atoms with E-state index in [0.717, 1.165) is 28.3 Å². The number of amides is 2. The summed E-state index contributed by atoms with van der Waals surface area (Å²) in [4.78, 5) is 26.5. The van der Waals surface area contributed by atoms with Crippen molar-refractivity contribution < 1.29 is 14.0 Å². The molecule has 30 heavy (non-hydrogen) atoms. The van der Waals surface area contributed by atoms with Crippen LogP contribution in [-0.4, -0.2) is 23.3 Å². The Morgan fingerprint density at radius 1 is 1.10 bits per heavy atom. The van der Waals surface area contributed by atoms with E-state index in [1.807, 2.05) is 56.3 Å². The lowest BCUT2D eigenvalue weighted by Crippen LogP contribution is -2.35. The maximum Gasteiger partial charge on any atom is 0.255 e. The smallest absolute Gasteiger partial charge is 0.255 e. The number of benzene rings is 2. The maximum atomic E-state index is 12.9. The Bertz CT molecular complexity index is 1090. The monoisotopic (exact) mass is 422 g/mol. The molecule has 154 valence electrons. The van der Waals surface area contributed by atoms with E-state index < -0.39 is 0 Å². The Kier molecular flexibility index (Phi) is 5.64. The predicted octanol–water partition coefficient (Wildman–Crippen LogP) is 5.39. The fraction of sp³-hybridized carbons (Fsp3) is 0.250. The van der Waals surface area contributed by atoms with Crippen LogP contribution in [0.3, 0.4) is 0 Å². The van der Waals surface area contributed by atoms with Crippen molar-refractivity contribution >= 4 is 29.1 Å². The van der Waals surface area contributed by atoms with E-state index in [1.165, 1.54) is 0 Å². The van der Waals surface area contributed by atoms with Gasteiger partial charge in [0.25, 0.3) is 5.91 Å². The summed E-state index contributed by atoms with van der Waals surface area (Å²) in [6.45, 7) is 4.79. The van der Waals surface area contributed by atoms with Gasteiger partial charge in [0, 0.05) is 42.2 Å². The molecule has 0 unspecified atom stereocenters. The van der Waals surface area contributed by atoms with Gasteiger partial charge in [-0.25, -0.2) is 0 Å². The predicted molar refractivity (Wildman–Crippen MR) is 118 cm³/mol. The Morgan fingerprint density at radius 2 is 1.83 bits per heavy atom. The number of carbonyl (C=O) groups is 2. The minimum atomic E-state index is -0.0714. The number of nitrogens with one attached hydrogen (secondary N) is 1. The molecule has 0 fully saturated rings. The Balaban J connectivity index is 1.49. The third kappa shape index (κ3) is 4.12. The topological polar surface area (TPSA) is 62.6 Å². The molecule has 0 spiro atoms. The molecule has 0 saturated carbocycles. The summed E-state index contributed by atoms with van der Waals surface area (Å²) in [7, 11) is 0. The minimum Gasteiger partial charge on any atom is -0.461 e. The highest BCUT2D eigenvalue weighted by atomic mass is 35.5. The Hall–Kier alpha value is -3.05. The zero-order valence-corrected chi connectivity index (χ0v) is 17.7. The van der Waals surface area contributed by atoms with Crippen LogP contribution in [0.15, 0.2) is 59.0 Å². The number of rotatable bonds is 4. The summed E-state index contributed by atoms with van der Waals surface area (Å²) < 4.78 is 6.06. The minimum absolute atomic E-state index is 0.0144. The van der Waals surface area contributed by atoms with Crippen molar-refractivity contribution in [2.24, 2.45) is 5.92 Å². The standard InChI is InChI=1S/C24H23ClN2O3/c1-15(2)23(28)26-18-9-7-16(8-10-18)22-13-17-14-27(12-11-21(17)30-22)24(29)19-5-3-4-6-20(19)25/h3-10,13,15H,11-12,14H2,1-2H3,(H,26,28). The average Bonchev–Trinajstić information content (AvgIpc) is 3.17. The first kappa shape index (κ1) is 20.2. The van der Waals surface area contributed by atoms with Crippen molar-refractivity contribution in [2.75, 3.05) is 11.9 Å². The fourth-order valence-corrected chi connectivity index (χ4v) is 3.67. The molecule has 2 heterocycles. The number of furan rings is 1. The largest absolute Gasteiger partial charge is 0.461 e. The van der Waals surface area contributed by atoms with Crippen LogP contribution in [0.1, 0.15) is 35.5 Å². The Labute approximate surface area is 180 Å². The molecule has 4 rings (SSSR count). The highest BCUT2D eigenvalue weighted by Gasteiger charge is 2.26. The number of halogens is 1. The van der Waals surface area contributed by atoms with E-state index in [-0.39, 0.29) is 17.7 Å². The zero-order chi connectivity index (χ0) is 21.3. The third-order valence-electron chi connectivity index (χ3n) is 5.22. The van der Waals surface area contributed by atoms with E-state index in [2.05, 4.69) is 5.32 Å². The van der Waals surface area contributed by atoms with E-state index in [1.54, 1.807) is 17.0 Å². The van der Waals surface area contributed by atoms with Crippen LogP contribution >= 0.6 is 11.6 Å². The number of anilines is 1. The van der Waals surface area contributed by atoms with Gasteiger partial charge < -0.3 is 14.6 Å². The lowest BCUT2D eigenvalue weighted by molar-refractivity contribution is -0.118. The van der Waals surface area contributed by atoms with Crippen LogP contribution in [0.5, 0.6) is 0 Å². The number of hydrogen-bond acceptors (Lipinski definition) is 3. The van der Waals surface area contributed by atoms with Crippen LogP contribution in [0, 0.1) is 5.92 Å². The molecule has 1 aliphatic heterocycles. The second-order valence-electron chi connectivity index (χ2n) is 7.74. The van der Waals surface area contributed by atoms with Crippen LogP contribution in [0.2, 0.25) is 5.02 Å². The van der Waals surface area contributed by atoms with Gasteiger partial charge in [0.2, 0.25) is 5.91 Å². The van der Waals surface area contributed by atoms with Crippen molar-refractivity contribution in [3.8, 4) is 11.3 Å². The summed E-state index contributed by atoms with van der Waals surface area (Å²) in [6, 6.07) is 16.7. The molecular formula is C24H23ClN2O3. The molecule has 6 heteroatoms. The summed E-state index contributed by atoms with van der Waals surface area (Å²) in [6.07, 6.45) is 0.661. The molecule has 0 saturated heterocycles. The average molecular weight is 423 g/mol. The van der Waals surface area contributed by atoms with Crippen molar-refractivity contribution in [3.63, 3.8) is 0 Å². The van der Waals surface area contributed by atoms with Gasteiger partial charge in [-0.15, -0.1) is 0 Å². The second-order valence-corrected chi connectivity index (χ2v) is 8.14. The first-order chi connectivity index (χ1) is 14.4. The molecule has 0 bridgehead atoms. The summed E-state index contributed by atoms with van der Waals surface area (Å²) in [5.41, 5.74) is 3.21. The molecule has 1 aromatic heterocycles. The highest BCUT2D eigenvalue weighted by molar-refractivity contribution is 6.33. The first-order valence-electron chi connectivity index (χ1n) is 9.99. The SMILES string of the molecule is CC(C)C(=O)Nc1ccc(-c2cc3c(o2)CCN(C(=O)c2ccccc2Cl)C3)cc1. The maximum absolute atomic E-state index is 12.9. The van der Waals surface area contributed by atoms with Gasteiger partial charge in [-0.2, -0.15) is 0 Å². The summed E-state index contributed by atoms with van der Waals surface area (Å²) in [5.74, 6) is 1.51. The molecule has 0 atom stereocenters. The van der Waals surface area contributed by atoms with Gasteiger partial charge in [0.1, 0.15) is 11.5 Å². The lowest BCUT2D eigenvalue weighted by Gasteiger charge is -2.26. The van der Waals surface area contributed by atoms with Gasteiger partial charge in [-0.3, -0.25) is 9.59 Å². The van der Waals surface area contributed by atoms with Gasteiger partial charge in [0.15, 0.2) is 0 Å². The molecule has 1 N–H and O–H groups in total. The normalized spacial score (nSPS) is 13.3. The van der Waals surface area contributed by atoms with Crippen molar-refractivity contribution in [2.45, 2.75) is 26.8 Å². The molecule has 2 aromatic carbocycles. The van der Waals surface area contributed by atoms with Crippen molar-refractivity contribution in [1.82, 2.24) is 4.90 Å². The number of carbonyl (C=O) groups excluding carboxylic acids is 2. The summed E-state index contributed by atoms with van der Waals surface area (Å²) >= 11 is 6.19. The van der Waals surface area contributed by atoms with Gasteiger partial charge in [-0.1, -0.05) is 37.6 Å².